The smallest absolute Gasteiger partial charge is 0.143 e. The molecule has 0 bridgehead atoms. The van der Waals surface area contributed by atoms with E-state index in [9.17, 15) is 0 Å². The van der Waals surface area contributed by atoms with E-state index in [-0.39, 0.29) is 0 Å². The number of rotatable bonds is 5. The lowest BCUT2D eigenvalue weighted by molar-refractivity contribution is 0.670. The summed E-state index contributed by atoms with van der Waals surface area (Å²) in [4.78, 5) is 2.43. The van der Waals surface area contributed by atoms with Gasteiger partial charge >= 0.3 is 0 Å². The van der Waals surface area contributed by atoms with Crippen LogP contribution in [0.5, 0.6) is 0 Å². The third-order valence-electron chi connectivity index (χ3n) is 11.4. The molecule has 262 valence electrons. The zero-order valence-corrected chi connectivity index (χ0v) is 30.2. The van der Waals surface area contributed by atoms with Crippen LogP contribution < -0.4 is 4.90 Å². The quantitative estimate of drug-likeness (QED) is 0.178. The maximum atomic E-state index is 6.81. The van der Waals surface area contributed by atoms with Crippen LogP contribution in [0.4, 0.5) is 17.1 Å². The van der Waals surface area contributed by atoms with Gasteiger partial charge in [0.25, 0.3) is 0 Å². The Bertz CT molecular complexity index is 3460. The van der Waals surface area contributed by atoms with E-state index < -0.39 is 0 Å². The van der Waals surface area contributed by atoms with E-state index >= 15 is 0 Å². The molecule has 0 amide bonds. The molecule has 4 nitrogen and oxygen atoms in total. The molecule has 0 unspecified atom stereocenters. The van der Waals surface area contributed by atoms with Gasteiger partial charge in [0, 0.05) is 43.4 Å². The molecule has 9 aromatic carbocycles. The molecule has 12 rings (SSSR count). The standard InChI is InChI=1S/C52H32N2O2/c1-2-16-34-33(15-1)31-32-41-50-47(28-14-30-49(50)56-51(34)41)54(44-25-9-5-19-37(44)39-21-13-22-40-38-20-6-12-29-48(38)55-52(39)40)46-27-11-10-26-45(46)53-42-23-7-3-17-35(42)36-18-4-8-24-43(36)53/h1-32H. The number of hydrogen-bond donors (Lipinski definition) is 0. The number of benzene rings is 9. The summed E-state index contributed by atoms with van der Waals surface area (Å²) in [6.45, 7) is 0. The zero-order chi connectivity index (χ0) is 36.7. The Kier molecular flexibility index (Phi) is 6.60. The van der Waals surface area contributed by atoms with Crippen LogP contribution in [0.1, 0.15) is 0 Å². The number of nitrogens with zero attached hydrogens (tertiary/aromatic N) is 2. The molecular formula is C52H32N2O2. The number of anilines is 3. The van der Waals surface area contributed by atoms with Crippen molar-refractivity contribution in [3.8, 4) is 16.8 Å². The molecule has 3 heterocycles. The second kappa shape index (κ2) is 12.0. The second-order valence-electron chi connectivity index (χ2n) is 14.4. The Hall–Kier alpha value is -7.56. The van der Waals surface area contributed by atoms with Gasteiger partial charge in [-0.1, -0.05) is 140 Å². The summed E-state index contributed by atoms with van der Waals surface area (Å²) in [6.07, 6.45) is 0. The van der Waals surface area contributed by atoms with Crippen LogP contribution in [0.15, 0.2) is 203 Å². The predicted octanol–water partition coefficient (Wildman–Crippen LogP) is 14.9. The van der Waals surface area contributed by atoms with Crippen molar-refractivity contribution < 1.29 is 8.83 Å². The lowest BCUT2D eigenvalue weighted by Gasteiger charge is -2.30. The van der Waals surface area contributed by atoms with Crippen LogP contribution >= 0.6 is 0 Å². The fourth-order valence-electron chi connectivity index (χ4n) is 8.99. The van der Waals surface area contributed by atoms with Gasteiger partial charge in [0.2, 0.25) is 0 Å². The largest absolute Gasteiger partial charge is 0.455 e. The van der Waals surface area contributed by atoms with Crippen molar-refractivity contribution in [2.45, 2.75) is 0 Å². The first-order chi connectivity index (χ1) is 27.8. The minimum absolute atomic E-state index is 0.838. The monoisotopic (exact) mass is 716 g/mol. The van der Waals surface area contributed by atoms with Crippen molar-refractivity contribution in [3.05, 3.63) is 194 Å². The third kappa shape index (κ3) is 4.41. The Labute approximate surface area is 321 Å². The van der Waals surface area contributed by atoms with Gasteiger partial charge < -0.3 is 18.3 Å². The van der Waals surface area contributed by atoms with Gasteiger partial charge in [0.1, 0.15) is 22.3 Å². The topological polar surface area (TPSA) is 34.5 Å². The lowest BCUT2D eigenvalue weighted by atomic mass is 9.98. The summed E-state index contributed by atoms with van der Waals surface area (Å²) < 4.78 is 15.9. The number of aromatic nitrogens is 1. The Balaban J connectivity index is 1.21. The van der Waals surface area contributed by atoms with Gasteiger partial charge in [-0.25, -0.2) is 0 Å². The number of para-hydroxylation sites is 7. The van der Waals surface area contributed by atoms with E-state index in [4.69, 9.17) is 8.83 Å². The van der Waals surface area contributed by atoms with Gasteiger partial charge in [-0.15, -0.1) is 0 Å². The van der Waals surface area contributed by atoms with Crippen LogP contribution in [-0.4, -0.2) is 4.57 Å². The van der Waals surface area contributed by atoms with Crippen LogP contribution in [-0.2, 0) is 0 Å². The molecule has 0 spiro atoms. The van der Waals surface area contributed by atoms with Crippen molar-refractivity contribution in [2.75, 3.05) is 4.90 Å². The Morgan fingerprint density at radius 2 is 0.911 bits per heavy atom. The molecule has 56 heavy (non-hydrogen) atoms. The highest BCUT2D eigenvalue weighted by Gasteiger charge is 2.26. The van der Waals surface area contributed by atoms with Crippen LogP contribution in [0.3, 0.4) is 0 Å². The number of hydrogen-bond acceptors (Lipinski definition) is 3. The molecule has 0 atom stereocenters. The zero-order valence-electron chi connectivity index (χ0n) is 30.2. The molecule has 0 N–H and O–H groups in total. The number of fused-ring (bicyclic) bond motifs is 11. The molecule has 0 radical (unpaired) electrons. The summed E-state index contributed by atoms with van der Waals surface area (Å²) in [5, 5.41) is 9.02. The molecule has 4 heteroatoms. The van der Waals surface area contributed by atoms with Gasteiger partial charge in [0.15, 0.2) is 0 Å². The maximum Gasteiger partial charge on any atom is 0.143 e. The van der Waals surface area contributed by atoms with E-state index in [0.29, 0.717) is 0 Å². The Morgan fingerprint density at radius 3 is 1.75 bits per heavy atom. The van der Waals surface area contributed by atoms with Crippen LogP contribution in [0, 0.1) is 0 Å². The predicted molar refractivity (Wildman–Crippen MR) is 233 cm³/mol. The molecule has 0 aliphatic heterocycles. The first-order valence-corrected chi connectivity index (χ1v) is 19.0. The van der Waals surface area contributed by atoms with Crippen molar-refractivity contribution in [1.82, 2.24) is 4.57 Å². The first kappa shape index (κ1) is 30.9. The Morgan fingerprint density at radius 1 is 0.339 bits per heavy atom. The van der Waals surface area contributed by atoms with Gasteiger partial charge in [-0.3, -0.25) is 0 Å². The van der Waals surface area contributed by atoms with Gasteiger partial charge in [0.05, 0.1) is 39.2 Å². The van der Waals surface area contributed by atoms with Crippen LogP contribution in [0.2, 0.25) is 0 Å². The van der Waals surface area contributed by atoms with Crippen molar-refractivity contribution in [2.24, 2.45) is 0 Å². The molecule has 0 aliphatic carbocycles. The molecule has 0 aliphatic rings. The fraction of sp³-hybridized carbons (Fsp3) is 0. The van der Waals surface area contributed by atoms with Crippen molar-refractivity contribution in [1.29, 1.82) is 0 Å². The average Bonchev–Trinajstić information content (AvgIpc) is 3.95. The molecule has 3 aromatic heterocycles. The second-order valence-corrected chi connectivity index (χ2v) is 14.4. The van der Waals surface area contributed by atoms with E-state index in [0.717, 1.165) is 99.6 Å². The summed E-state index contributed by atoms with van der Waals surface area (Å²) in [7, 11) is 0. The summed E-state index contributed by atoms with van der Waals surface area (Å²) in [6, 6.07) is 69.0. The average molecular weight is 717 g/mol. The van der Waals surface area contributed by atoms with E-state index in [1.165, 1.54) is 10.8 Å². The van der Waals surface area contributed by atoms with Gasteiger partial charge in [-0.05, 0) is 60.0 Å². The highest BCUT2D eigenvalue weighted by molar-refractivity contribution is 6.20. The minimum atomic E-state index is 0.838. The molecule has 0 saturated carbocycles. The molecule has 12 aromatic rings. The molecule has 0 saturated heterocycles. The van der Waals surface area contributed by atoms with E-state index in [2.05, 4.69) is 191 Å². The fourth-order valence-corrected chi connectivity index (χ4v) is 8.99. The summed E-state index contributed by atoms with van der Waals surface area (Å²) >= 11 is 0. The summed E-state index contributed by atoms with van der Waals surface area (Å²) in [5.41, 5.74) is 12.0. The van der Waals surface area contributed by atoms with E-state index in [1.54, 1.807) is 0 Å². The third-order valence-corrected chi connectivity index (χ3v) is 11.4. The minimum Gasteiger partial charge on any atom is -0.455 e. The lowest BCUT2D eigenvalue weighted by Crippen LogP contribution is -2.14. The first-order valence-electron chi connectivity index (χ1n) is 19.0. The SMILES string of the molecule is c1ccc(N(c2ccccc2-n2c3ccccc3c3ccccc32)c2cccc3oc4c5ccccc5ccc4c23)c(-c2cccc3c2oc2ccccc23)c1. The van der Waals surface area contributed by atoms with Gasteiger partial charge in [-0.2, -0.15) is 0 Å². The highest BCUT2D eigenvalue weighted by atomic mass is 16.3. The normalized spacial score (nSPS) is 11.9. The molecular weight excluding hydrogens is 685 g/mol. The molecule has 0 fully saturated rings. The number of furan rings is 2. The highest BCUT2D eigenvalue weighted by Crippen LogP contribution is 2.50. The van der Waals surface area contributed by atoms with Crippen molar-refractivity contribution >= 4 is 93.5 Å². The van der Waals surface area contributed by atoms with E-state index in [1.807, 2.05) is 12.1 Å². The summed E-state index contributed by atoms with van der Waals surface area (Å²) in [5.74, 6) is 0. The van der Waals surface area contributed by atoms with Crippen LogP contribution in [0.25, 0.3) is 93.3 Å². The maximum absolute atomic E-state index is 6.81. The van der Waals surface area contributed by atoms with Crippen molar-refractivity contribution in [3.63, 3.8) is 0 Å².